The van der Waals surface area contributed by atoms with Crippen LogP contribution in [0.2, 0.25) is 10.0 Å². The maximum Gasteiger partial charge on any atom is 0.217 e. The van der Waals surface area contributed by atoms with E-state index >= 15 is 0 Å². The fourth-order valence-corrected chi connectivity index (χ4v) is 5.84. The van der Waals surface area contributed by atoms with Gasteiger partial charge in [0, 0.05) is 31.5 Å². The number of benzene rings is 3. The minimum Gasteiger partial charge on any atom is -0.347 e. The lowest BCUT2D eigenvalue weighted by atomic mass is 9.80. The molecule has 1 aliphatic heterocycles. The number of halogens is 2. The molecular weight excluding hydrogens is 531 g/mol. The first-order valence-corrected chi connectivity index (χ1v) is 14.0. The average molecular weight is 564 g/mol. The van der Waals surface area contributed by atoms with Crippen molar-refractivity contribution < 1.29 is 4.79 Å². The largest absolute Gasteiger partial charge is 0.347 e. The normalized spacial score (nSPS) is 16.1. The van der Waals surface area contributed by atoms with Gasteiger partial charge in [-0.15, -0.1) is 5.10 Å². The molecule has 1 saturated heterocycles. The molecule has 9 heteroatoms. The molecule has 0 saturated carbocycles. The van der Waals surface area contributed by atoms with Gasteiger partial charge in [-0.05, 0) is 59.5 Å². The van der Waals surface area contributed by atoms with Gasteiger partial charge >= 0.3 is 0 Å². The van der Waals surface area contributed by atoms with Crippen LogP contribution in [0, 0.1) is 0 Å². The molecule has 39 heavy (non-hydrogen) atoms. The summed E-state index contributed by atoms with van der Waals surface area (Å²) < 4.78 is 1.87. The van der Waals surface area contributed by atoms with E-state index in [2.05, 4.69) is 37.9 Å². The van der Waals surface area contributed by atoms with Crippen molar-refractivity contribution in [1.82, 2.24) is 30.4 Å². The summed E-state index contributed by atoms with van der Waals surface area (Å²) in [5.74, 6) is 0.867. The van der Waals surface area contributed by atoms with Crippen LogP contribution in [0.3, 0.4) is 0 Å². The summed E-state index contributed by atoms with van der Waals surface area (Å²) in [6.45, 7) is 4.90. The van der Waals surface area contributed by atoms with E-state index in [9.17, 15) is 4.79 Å². The van der Waals surface area contributed by atoms with Gasteiger partial charge in [-0.1, -0.05) is 89.9 Å². The van der Waals surface area contributed by atoms with Gasteiger partial charge in [0.15, 0.2) is 5.82 Å². The maximum absolute atomic E-state index is 12.1. The van der Waals surface area contributed by atoms with Gasteiger partial charge in [-0.3, -0.25) is 4.79 Å². The van der Waals surface area contributed by atoms with E-state index in [0.29, 0.717) is 16.6 Å². The summed E-state index contributed by atoms with van der Waals surface area (Å²) in [6, 6.07) is 26.1. The molecule has 0 unspecified atom stereocenters. The number of amides is 1. The highest BCUT2D eigenvalue weighted by Crippen LogP contribution is 2.34. The number of rotatable bonds is 9. The fourth-order valence-electron chi connectivity index (χ4n) is 5.54. The number of likely N-dealkylation sites (tertiary alicyclic amines) is 1. The Morgan fingerprint density at radius 2 is 1.67 bits per heavy atom. The van der Waals surface area contributed by atoms with E-state index in [0.717, 1.165) is 55.8 Å². The molecule has 4 aromatic rings. The van der Waals surface area contributed by atoms with Crippen molar-refractivity contribution in [1.29, 1.82) is 0 Å². The van der Waals surface area contributed by atoms with Gasteiger partial charge in [0.25, 0.3) is 0 Å². The molecule has 0 spiro atoms. The number of piperidine rings is 1. The molecule has 7 nitrogen and oxygen atoms in total. The quantitative estimate of drug-likeness (QED) is 0.273. The minimum atomic E-state index is -0.330. The Hall–Kier alpha value is -3.26. The molecule has 1 aromatic heterocycles. The Kier molecular flexibility index (Phi) is 8.60. The van der Waals surface area contributed by atoms with Crippen molar-refractivity contribution in [3.05, 3.63) is 100 Å². The van der Waals surface area contributed by atoms with Crippen molar-refractivity contribution in [3.8, 4) is 11.4 Å². The van der Waals surface area contributed by atoms with Gasteiger partial charge in [-0.2, -0.15) is 0 Å². The second kappa shape index (κ2) is 12.3. The lowest BCUT2D eigenvalue weighted by Crippen LogP contribution is -2.52. The third-order valence-electron chi connectivity index (χ3n) is 7.62. The van der Waals surface area contributed by atoms with Gasteiger partial charge in [0.2, 0.25) is 5.91 Å². The number of aromatic nitrogens is 4. The number of tetrazole rings is 1. The number of carbonyl (C=O) groups excluding carboxylic acids is 1. The molecule has 2 heterocycles. The smallest absolute Gasteiger partial charge is 0.217 e. The van der Waals surface area contributed by atoms with Crippen LogP contribution in [0.25, 0.3) is 11.4 Å². The van der Waals surface area contributed by atoms with Crippen LogP contribution < -0.4 is 5.32 Å². The van der Waals surface area contributed by atoms with Crippen molar-refractivity contribution in [2.75, 3.05) is 19.6 Å². The molecule has 0 bridgehead atoms. The Balaban J connectivity index is 1.32. The number of carbonyl (C=O) groups is 1. The summed E-state index contributed by atoms with van der Waals surface area (Å²) in [5, 5.41) is 16.9. The van der Waals surface area contributed by atoms with Crippen molar-refractivity contribution in [2.45, 2.75) is 44.2 Å². The van der Waals surface area contributed by atoms with Gasteiger partial charge in [-0.25, -0.2) is 4.68 Å². The minimum absolute atomic E-state index is 0.00245. The van der Waals surface area contributed by atoms with E-state index in [1.54, 1.807) is 6.92 Å². The van der Waals surface area contributed by atoms with Crippen LogP contribution >= 0.6 is 23.2 Å². The van der Waals surface area contributed by atoms with E-state index < -0.39 is 0 Å². The lowest BCUT2D eigenvalue weighted by Gasteiger charge is -2.43. The van der Waals surface area contributed by atoms with Crippen LogP contribution in [0.5, 0.6) is 0 Å². The predicted octanol–water partition coefficient (Wildman–Crippen LogP) is 5.95. The third kappa shape index (κ3) is 6.49. The summed E-state index contributed by atoms with van der Waals surface area (Å²) >= 11 is 12.7. The van der Waals surface area contributed by atoms with Crippen molar-refractivity contribution in [2.24, 2.45) is 0 Å². The van der Waals surface area contributed by atoms with E-state index in [-0.39, 0.29) is 17.4 Å². The number of hydrogen-bond donors (Lipinski definition) is 1. The Morgan fingerprint density at radius 3 is 2.33 bits per heavy atom. The van der Waals surface area contributed by atoms with Crippen LogP contribution in [0.4, 0.5) is 0 Å². The molecule has 1 amide bonds. The second-order valence-electron chi connectivity index (χ2n) is 10.2. The summed E-state index contributed by atoms with van der Waals surface area (Å²) in [5.41, 5.74) is 2.92. The van der Waals surface area contributed by atoms with Crippen LogP contribution in [-0.2, 0) is 16.9 Å². The Labute approximate surface area is 239 Å². The molecule has 1 atom stereocenters. The lowest BCUT2D eigenvalue weighted by molar-refractivity contribution is -0.121. The molecule has 1 N–H and O–H groups in total. The molecule has 1 aliphatic rings. The average Bonchev–Trinajstić information content (AvgIpc) is 3.42. The Morgan fingerprint density at radius 1 is 0.974 bits per heavy atom. The molecule has 1 fully saturated rings. The molecular formula is C30H32Cl2N6O. The highest BCUT2D eigenvalue weighted by atomic mass is 35.5. The zero-order valence-corrected chi connectivity index (χ0v) is 23.4. The maximum atomic E-state index is 12.1. The highest BCUT2D eigenvalue weighted by molar-refractivity contribution is 6.42. The molecule has 3 aromatic carbocycles. The number of nitrogens with one attached hydrogen (secondary N) is 1. The first kappa shape index (κ1) is 27.3. The topological polar surface area (TPSA) is 75.9 Å². The van der Waals surface area contributed by atoms with Crippen LogP contribution in [0.1, 0.15) is 43.2 Å². The first-order chi connectivity index (χ1) is 18.9. The molecule has 5 rings (SSSR count). The molecule has 0 aliphatic carbocycles. The second-order valence-corrected chi connectivity index (χ2v) is 11.0. The zero-order valence-electron chi connectivity index (χ0n) is 21.9. The summed E-state index contributed by atoms with van der Waals surface area (Å²) in [4.78, 5) is 14.6. The van der Waals surface area contributed by atoms with Crippen molar-refractivity contribution in [3.63, 3.8) is 0 Å². The monoisotopic (exact) mass is 562 g/mol. The van der Waals surface area contributed by atoms with Gasteiger partial charge in [0.05, 0.1) is 22.1 Å². The predicted molar refractivity (Wildman–Crippen MR) is 155 cm³/mol. The molecule has 202 valence electrons. The SMILES string of the molecule is CC(=O)NC1(c2ccccc2)CCN(CC[C@H](Cn2nnnc2-c2ccccc2)c2ccc(Cl)c(Cl)c2)CC1. The number of hydrogen-bond acceptors (Lipinski definition) is 5. The van der Waals surface area contributed by atoms with Crippen LogP contribution in [-0.4, -0.2) is 50.6 Å². The summed E-state index contributed by atoms with van der Waals surface area (Å²) in [7, 11) is 0. The standard InChI is InChI=1S/C30H32Cl2N6O/c1-22(39)33-30(26-10-6-3-7-11-26)15-18-37(19-16-30)17-14-25(24-12-13-27(31)28(32)20-24)21-38-29(34-35-36-38)23-8-4-2-5-9-23/h2-13,20,25H,14-19,21H2,1H3,(H,33,39)/t25-/m1/s1. The van der Waals surface area contributed by atoms with E-state index in [1.807, 2.05) is 71.4 Å². The number of nitrogens with zero attached hydrogens (tertiary/aromatic N) is 5. The first-order valence-electron chi connectivity index (χ1n) is 13.3. The van der Waals surface area contributed by atoms with Gasteiger partial charge < -0.3 is 10.2 Å². The van der Waals surface area contributed by atoms with Gasteiger partial charge in [0.1, 0.15) is 0 Å². The van der Waals surface area contributed by atoms with E-state index in [4.69, 9.17) is 23.2 Å². The van der Waals surface area contributed by atoms with Crippen molar-refractivity contribution >= 4 is 29.1 Å². The fraction of sp³-hybridized carbons (Fsp3) is 0.333. The highest BCUT2D eigenvalue weighted by Gasteiger charge is 2.37. The van der Waals surface area contributed by atoms with Crippen LogP contribution in [0.15, 0.2) is 78.9 Å². The Bertz CT molecular complexity index is 1390. The zero-order chi connectivity index (χ0) is 27.2. The summed E-state index contributed by atoms with van der Waals surface area (Å²) in [6.07, 6.45) is 2.61. The molecule has 0 radical (unpaired) electrons. The van der Waals surface area contributed by atoms with E-state index in [1.165, 1.54) is 5.56 Å². The third-order valence-corrected chi connectivity index (χ3v) is 8.36.